The second-order valence-electron chi connectivity index (χ2n) is 9.56. The number of fused-ring (bicyclic) bond motifs is 1. The molecule has 2 aliphatic rings. The van der Waals surface area contributed by atoms with E-state index in [1.54, 1.807) is 13.0 Å². The SMILES string of the molecule is CC[C@@H]1Oc2cc(S(=O)(=O)N3CCC(C(=O)Nc4ccc(C(C)C)cc4)CC3)c(C)cc2NC1=O. The van der Waals surface area contributed by atoms with Gasteiger partial charge in [-0.05, 0) is 61.4 Å². The Morgan fingerprint density at radius 3 is 2.43 bits per heavy atom. The van der Waals surface area contributed by atoms with E-state index in [1.807, 2.05) is 31.2 Å². The molecule has 1 atom stereocenters. The van der Waals surface area contributed by atoms with Gasteiger partial charge in [0.1, 0.15) is 5.75 Å². The summed E-state index contributed by atoms with van der Waals surface area (Å²) in [7, 11) is -3.78. The minimum absolute atomic E-state index is 0.0842. The van der Waals surface area contributed by atoms with E-state index in [0.29, 0.717) is 42.2 Å². The number of anilines is 2. The van der Waals surface area contributed by atoms with Gasteiger partial charge in [-0.1, -0.05) is 32.9 Å². The number of nitrogens with zero attached hydrogens (tertiary/aromatic N) is 1. The van der Waals surface area contributed by atoms with Crippen molar-refractivity contribution in [1.82, 2.24) is 4.31 Å². The largest absolute Gasteiger partial charge is 0.478 e. The van der Waals surface area contributed by atoms with Crippen LogP contribution in [0.3, 0.4) is 0 Å². The van der Waals surface area contributed by atoms with Gasteiger partial charge in [0.15, 0.2) is 6.10 Å². The molecule has 9 heteroatoms. The number of carbonyl (C=O) groups is 2. The number of hydrogen-bond donors (Lipinski definition) is 2. The zero-order valence-corrected chi connectivity index (χ0v) is 21.4. The topological polar surface area (TPSA) is 105 Å². The van der Waals surface area contributed by atoms with Gasteiger partial charge < -0.3 is 15.4 Å². The fourth-order valence-electron chi connectivity index (χ4n) is 4.52. The summed E-state index contributed by atoms with van der Waals surface area (Å²) in [6.07, 6.45) is 0.739. The first-order valence-electron chi connectivity index (χ1n) is 12.1. The van der Waals surface area contributed by atoms with Crippen molar-refractivity contribution in [3.63, 3.8) is 0 Å². The van der Waals surface area contributed by atoms with E-state index in [-0.39, 0.29) is 35.7 Å². The van der Waals surface area contributed by atoms with Crippen LogP contribution in [-0.4, -0.2) is 43.7 Å². The Kier molecular flexibility index (Phi) is 7.19. The first-order valence-corrected chi connectivity index (χ1v) is 13.6. The van der Waals surface area contributed by atoms with Crippen molar-refractivity contribution in [1.29, 1.82) is 0 Å². The lowest BCUT2D eigenvalue weighted by atomic mass is 9.97. The number of ether oxygens (including phenoxy) is 1. The van der Waals surface area contributed by atoms with E-state index in [2.05, 4.69) is 24.5 Å². The predicted octanol–water partition coefficient (Wildman–Crippen LogP) is 4.27. The van der Waals surface area contributed by atoms with Gasteiger partial charge in [-0.15, -0.1) is 0 Å². The standard InChI is InChI=1S/C26H33N3O5S/c1-5-22-26(31)28-21-14-17(4)24(15-23(21)34-22)35(32,33)29-12-10-19(11-13-29)25(30)27-20-8-6-18(7-9-20)16(2)3/h6-9,14-16,19,22H,5,10-13H2,1-4H3,(H,27,30)(H,28,31)/t22-/m0/s1. The Hall–Kier alpha value is -2.91. The second-order valence-corrected chi connectivity index (χ2v) is 11.5. The van der Waals surface area contributed by atoms with E-state index in [0.717, 1.165) is 5.69 Å². The molecular weight excluding hydrogens is 466 g/mol. The number of benzene rings is 2. The van der Waals surface area contributed by atoms with Gasteiger partial charge in [0.05, 0.1) is 10.6 Å². The average molecular weight is 500 g/mol. The summed E-state index contributed by atoms with van der Waals surface area (Å²) in [4.78, 5) is 25.0. The summed E-state index contributed by atoms with van der Waals surface area (Å²) in [6, 6.07) is 11.0. The fourth-order valence-corrected chi connectivity index (χ4v) is 6.22. The maximum absolute atomic E-state index is 13.4. The molecule has 0 unspecified atom stereocenters. The maximum atomic E-state index is 13.4. The third-order valence-electron chi connectivity index (χ3n) is 6.75. The molecule has 2 aliphatic heterocycles. The number of nitrogens with one attached hydrogen (secondary N) is 2. The normalized spacial score (nSPS) is 19.1. The smallest absolute Gasteiger partial charge is 0.265 e. The molecule has 1 fully saturated rings. The minimum atomic E-state index is -3.78. The molecule has 1 saturated heterocycles. The van der Waals surface area contributed by atoms with Crippen molar-refractivity contribution in [2.24, 2.45) is 5.92 Å². The van der Waals surface area contributed by atoms with Crippen molar-refractivity contribution in [3.8, 4) is 5.75 Å². The van der Waals surface area contributed by atoms with E-state index in [4.69, 9.17) is 4.74 Å². The first-order chi connectivity index (χ1) is 16.6. The van der Waals surface area contributed by atoms with E-state index in [9.17, 15) is 18.0 Å². The van der Waals surface area contributed by atoms with Crippen LogP contribution >= 0.6 is 0 Å². The summed E-state index contributed by atoms with van der Waals surface area (Å²) in [5, 5.41) is 5.75. The van der Waals surface area contributed by atoms with Crippen molar-refractivity contribution < 1.29 is 22.7 Å². The van der Waals surface area contributed by atoms with Crippen LogP contribution in [0.5, 0.6) is 5.75 Å². The van der Waals surface area contributed by atoms with Crippen LogP contribution in [0.1, 0.15) is 57.1 Å². The molecule has 0 spiro atoms. The number of sulfonamides is 1. The van der Waals surface area contributed by atoms with Crippen LogP contribution in [0.2, 0.25) is 0 Å². The molecule has 2 heterocycles. The van der Waals surface area contributed by atoms with Crippen LogP contribution in [0.15, 0.2) is 41.3 Å². The van der Waals surface area contributed by atoms with Gasteiger partial charge in [-0.25, -0.2) is 8.42 Å². The Morgan fingerprint density at radius 1 is 1.17 bits per heavy atom. The van der Waals surface area contributed by atoms with Gasteiger partial charge in [0.25, 0.3) is 5.91 Å². The number of amides is 2. The molecule has 2 N–H and O–H groups in total. The molecule has 0 saturated carbocycles. The van der Waals surface area contributed by atoms with E-state index < -0.39 is 16.1 Å². The summed E-state index contributed by atoms with van der Waals surface area (Å²) >= 11 is 0. The Balaban J connectivity index is 1.42. The Morgan fingerprint density at radius 2 is 1.83 bits per heavy atom. The summed E-state index contributed by atoms with van der Waals surface area (Å²) in [5.74, 6) is 0.214. The van der Waals surface area contributed by atoms with Crippen molar-refractivity contribution in [3.05, 3.63) is 47.5 Å². The van der Waals surface area contributed by atoms with Crippen LogP contribution in [0.4, 0.5) is 11.4 Å². The van der Waals surface area contributed by atoms with Gasteiger partial charge in [0, 0.05) is 30.8 Å². The van der Waals surface area contributed by atoms with Gasteiger partial charge in [-0.2, -0.15) is 4.31 Å². The number of piperidine rings is 1. The zero-order chi connectivity index (χ0) is 25.3. The number of carbonyl (C=O) groups excluding carboxylic acids is 2. The van der Waals surface area contributed by atoms with E-state index >= 15 is 0 Å². The molecule has 0 aliphatic carbocycles. The molecule has 2 aromatic rings. The lowest BCUT2D eigenvalue weighted by Crippen LogP contribution is -2.41. The number of hydrogen-bond acceptors (Lipinski definition) is 5. The lowest BCUT2D eigenvalue weighted by Gasteiger charge is -2.32. The highest BCUT2D eigenvalue weighted by molar-refractivity contribution is 7.89. The Labute approximate surface area is 207 Å². The fraction of sp³-hybridized carbons (Fsp3) is 0.462. The molecule has 2 amide bonds. The quantitative estimate of drug-likeness (QED) is 0.618. The Bertz CT molecular complexity index is 1220. The number of aryl methyl sites for hydroxylation is 1. The molecule has 8 nitrogen and oxygen atoms in total. The highest BCUT2D eigenvalue weighted by Crippen LogP contribution is 2.36. The van der Waals surface area contributed by atoms with Crippen LogP contribution in [0.25, 0.3) is 0 Å². The highest BCUT2D eigenvalue weighted by Gasteiger charge is 2.35. The summed E-state index contributed by atoms with van der Waals surface area (Å²) in [5.41, 5.74) is 2.97. The van der Waals surface area contributed by atoms with Crippen LogP contribution < -0.4 is 15.4 Å². The number of rotatable bonds is 6. The molecule has 4 rings (SSSR count). The third-order valence-corrected chi connectivity index (χ3v) is 8.80. The minimum Gasteiger partial charge on any atom is -0.478 e. The van der Waals surface area contributed by atoms with Crippen molar-refractivity contribution in [2.45, 2.75) is 63.9 Å². The van der Waals surface area contributed by atoms with Gasteiger partial charge >= 0.3 is 0 Å². The molecule has 35 heavy (non-hydrogen) atoms. The second kappa shape index (κ2) is 9.99. The van der Waals surface area contributed by atoms with Gasteiger partial charge in [0.2, 0.25) is 15.9 Å². The molecule has 0 bridgehead atoms. The third kappa shape index (κ3) is 5.21. The van der Waals surface area contributed by atoms with Crippen molar-refractivity contribution >= 4 is 33.2 Å². The average Bonchev–Trinajstić information content (AvgIpc) is 2.83. The molecule has 0 radical (unpaired) electrons. The molecular formula is C26H33N3O5S. The van der Waals surface area contributed by atoms with E-state index in [1.165, 1.54) is 15.9 Å². The predicted molar refractivity (Wildman–Crippen MR) is 135 cm³/mol. The molecule has 2 aromatic carbocycles. The van der Waals surface area contributed by atoms with Crippen LogP contribution in [-0.2, 0) is 19.6 Å². The molecule has 188 valence electrons. The molecule has 0 aromatic heterocycles. The first kappa shape index (κ1) is 25.2. The van der Waals surface area contributed by atoms with Gasteiger partial charge in [-0.3, -0.25) is 9.59 Å². The van der Waals surface area contributed by atoms with Crippen LogP contribution in [0, 0.1) is 12.8 Å². The maximum Gasteiger partial charge on any atom is 0.265 e. The summed E-state index contributed by atoms with van der Waals surface area (Å²) in [6.45, 7) is 8.30. The highest BCUT2D eigenvalue weighted by atomic mass is 32.2. The monoisotopic (exact) mass is 499 g/mol. The lowest BCUT2D eigenvalue weighted by molar-refractivity contribution is -0.123. The zero-order valence-electron chi connectivity index (χ0n) is 20.6. The van der Waals surface area contributed by atoms with Crippen molar-refractivity contribution in [2.75, 3.05) is 23.7 Å². The summed E-state index contributed by atoms with van der Waals surface area (Å²) < 4.78 is 34.1.